The number of anilines is 1. The van der Waals surface area contributed by atoms with Crippen LogP contribution in [0.5, 0.6) is 0 Å². The predicted molar refractivity (Wildman–Crippen MR) is 119 cm³/mol. The number of thioether (sulfide) groups is 1. The van der Waals surface area contributed by atoms with E-state index in [1.165, 1.54) is 17.0 Å². The number of rotatable bonds is 5. The van der Waals surface area contributed by atoms with E-state index in [-0.39, 0.29) is 35.2 Å². The van der Waals surface area contributed by atoms with Crippen LogP contribution in [0.3, 0.4) is 0 Å². The lowest BCUT2D eigenvalue weighted by atomic mass is 9.96. The van der Waals surface area contributed by atoms with Crippen LogP contribution in [0.15, 0.2) is 53.4 Å². The van der Waals surface area contributed by atoms with E-state index in [2.05, 4.69) is 5.32 Å². The van der Waals surface area contributed by atoms with Gasteiger partial charge in [-0.3, -0.25) is 14.4 Å². The minimum absolute atomic E-state index is 0.0726. The summed E-state index contributed by atoms with van der Waals surface area (Å²) in [4.78, 5) is 41.5. The highest BCUT2D eigenvalue weighted by Gasteiger charge is 2.29. The topological polar surface area (TPSA) is 69.7 Å². The number of benzene rings is 2. The highest BCUT2D eigenvalue weighted by Crippen LogP contribution is 2.29. The zero-order valence-electron chi connectivity index (χ0n) is 17.6. The molecule has 2 aromatic carbocycles. The van der Waals surface area contributed by atoms with E-state index in [0.29, 0.717) is 30.1 Å². The SMILES string of the molecule is CN(C)C(=O)Sc1ccccc1NC(=O)C1CCCN(C(=O)Cc2ccc(F)cc2)C1. The largest absolute Gasteiger partial charge is 0.342 e. The number of hydrogen-bond donors (Lipinski definition) is 1. The first-order valence-corrected chi connectivity index (χ1v) is 11.0. The first-order valence-electron chi connectivity index (χ1n) is 10.1. The van der Waals surface area contributed by atoms with Gasteiger partial charge < -0.3 is 15.1 Å². The number of carbonyl (C=O) groups is 3. The minimum Gasteiger partial charge on any atom is -0.342 e. The normalized spacial score (nSPS) is 16.0. The second kappa shape index (κ2) is 10.4. The van der Waals surface area contributed by atoms with Gasteiger partial charge >= 0.3 is 0 Å². The molecule has 6 nitrogen and oxygen atoms in total. The molecule has 2 aromatic rings. The molecule has 1 fully saturated rings. The van der Waals surface area contributed by atoms with Crippen molar-refractivity contribution >= 4 is 34.5 Å². The molecule has 3 amide bonds. The second-order valence-electron chi connectivity index (χ2n) is 7.73. The summed E-state index contributed by atoms with van der Waals surface area (Å²) in [6.45, 7) is 0.950. The van der Waals surface area contributed by atoms with Crippen LogP contribution in [0.25, 0.3) is 0 Å². The van der Waals surface area contributed by atoms with Gasteiger partial charge in [0.25, 0.3) is 5.24 Å². The fourth-order valence-electron chi connectivity index (χ4n) is 3.39. The number of carbonyl (C=O) groups excluding carboxylic acids is 3. The molecule has 0 bridgehead atoms. The van der Waals surface area contributed by atoms with Crippen molar-refractivity contribution in [2.75, 3.05) is 32.5 Å². The zero-order chi connectivity index (χ0) is 22.4. The fourth-order valence-corrected chi connectivity index (χ4v) is 4.13. The van der Waals surface area contributed by atoms with Gasteiger partial charge in [0.15, 0.2) is 0 Å². The second-order valence-corrected chi connectivity index (χ2v) is 8.72. The Labute approximate surface area is 185 Å². The molecule has 8 heteroatoms. The number of likely N-dealkylation sites (tertiary alicyclic amines) is 1. The van der Waals surface area contributed by atoms with Gasteiger partial charge in [0, 0.05) is 32.1 Å². The van der Waals surface area contributed by atoms with Gasteiger partial charge in [0.2, 0.25) is 11.8 Å². The Morgan fingerprint density at radius 3 is 2.55 bits per heavy atom. The highest BCUT2D eigenvalue weighted by atomic mass is 32.2. The van der Waals surface area contributed by atoms with Crippen LogP contribution in [-0.4, -0.2) is 54.0 Å². The standard InChI is InChI=1S/C23H26FN3O3S/c1-26(2)23(30)31-20-8-4-3-7-19(20)25-22(29)17-6-5-13-27(15-17)21(28)14-16-9-11-18(24)12-10-16/h3-4,7-12,17H,5-6,13-15H2,1-2H3,(H,25,29). The molecule has 0 aromatic heterocycles. The number of hydrogen-bond acceptors (Lipinski definition) is 4. The van der Waals surface area contributed by atoms with Gasteiger partial charge in [0.05, 0.1) is 18.0 Å². The molecule has 1 unspecified atom stereocenters. The lowest BCUT2D eigenvalue weighted by molar-refractivity contribution is -0.133. The maximum atomic E-state index is 13.1. The maximum absolute atomic E-state index is 13.1. The number of para-hydroxylation sites is 1. The van der Waals surface area contributed by atoms with Crippen molar-refractivity contribution < 1.29 is 18.8 Å². The van der Waals surface area contributed by atoms with E-state index in [9.17, 15) is 18.8 Å². The van der Waals surface area contributed by atoms with Gasteiger partial charge in [-0.1, -0.05) is 24.3 Å². The Balaban J connectivity index is 1.61. The Hall–Kier alpha value is -2.87. The van der Waals surface area contributed by atoms with Crippen LogP contribution >= 0.6 is 11.8 Å². The van der Waals surface area contributed by atoms with Crippen LogP contribution < -0.4 is 5.32 Å². The Morgan fingerprint density at radius 2 is 1.84 bits per heavy atom. The van der Waals surface area contributed by atoms with Crippen LogP contribution in [0.2, 0.25) is 0 Å². The molecule has 1 N–H and O–H groups in total. The van der Waals surface area contributed by atoms with Crippen molar-refractivity contribution in [1.82, 2.24) is 9.80 Å². The van der Waals surface area contributed by atoms with E-state index in [0.717, 1.165) is 23.7 Å². The molecule has 1 aliphatic rings. The molecule has 0 aliphatic carbocycles. The van der Waals surface area contributed by atoms with Gasteiger partial charge in [-0.2, -0.15) is 0 Å². The molecule has 1 atom stereocenters. The average Bonchev–Trinajstić information content (AvgIpc) is 2.76. The Bertz CT molecular complexity index is 949. The average molecular weight is 444 g/mol. The number of piperidine rings is 1. The number of nitrogens with one attached hydrogen (secondary N) is 1. The summed E-state index contributed by atoms with van der Waals surface area (Å²) in [7, 11) is 3.35. The Morgan fingerprint density at radius 1 is 1.13 bits per heavy atom. The molecule has 31 heavy (non-hydrogen) atoms. The smallest absolute Gasteiger partial charge is 0.286 e. The Kier molecular flexibility index (Phi) is 7.68. The fraction of sp³-hybridized carbons (Fsp3) is 0.348. The maximum Gasteiger partial charge on any atom is 0.286 e. The van der Waals surface area contributed by atoms with E-state index in [4.69, 9.17) is 0 Å². The molecule has 0 spiro atoms. The summed E-state index contributed by atoms with van der Waals surface area (Å²) >= 11 is 1.06. The predicted octanol–water partition coefficient (Wildman–Crippen LogP) is 4.02. The van der Waals surface area contributed by atoms with Crippen LogP contribution in [0.1, 0.15) is 18.4 Å². The third-order valence-corrected chi connectivity index (χ3v) is 6.24. The summed E-state index contributed by atoms with van der Waals surface area (Å²) in [5, 5.41) is 2.80. The number of amides is 3. The summed E-state index contributed by atoms with van der Waals surface area (Å²) in [6.07, 6.45) is 1.61. The summed E-state index contributed by atoms with van der Waals surface area (Å²) < 4.78 is 13.1. The van der Waals surface area contributed by atoms with Crippen LogP contribution in [-0.2, 0) is 16.0 Å². The lowest BCUT2D eigenvalue weighted by Crippen LogP contribution is -2.44. The number of nitrogens with zero attached hydrogens (tertiary/aromatic N) is 2. The minimum atomic E-state index is -0.336. The summed E-state index contributed by atoms with van der Waals surface area (Å²) in [5.41, 5.74) is 1.33. The molecular weight excluding hydrogens is 417 g/mol. The van der Waals surface area contributed by atoms with Gasteiger partial charge in [0.1, 0.15) is 5.82 Å². The van der Waals surface area contributed by atoms with Crippen LogP contribution in [0, 0.1) is 11.7 Å². The third-order valence-electron chi connectivity index (χ3n) is 5.12. The van der Waals surface area contributed by atoms with E-state index in [1.54, 1.807) is 49.3 Å². The van der Waals surface area contributed by atoms with Gasteiger partial charge in [-0.25, -0.2) is 4.39 Å². The monoisotopic (exact) mass is 443 g/mol. The molecule has 3 rings (SSSR count). The van der Waals surface area contributed by atoms with Crippen molar-refractivity contribution in [2.45, 2.75) is 24.2 Å². The third kappa shape index (κ3) is 6.30. The van der Waals surface area contributed by atoms with Crippen molar-refractivity contribution in [3.05, 3.63) is 59.9 Å². The van der Waals surface area contributed by atoms with Gasteiger partial charge in [-0.15, -0.1) is 0 Å². The lowest BCUT2D eigenvalue weighted by Gasteiger charge is -2.32. The van der Waals surface area contributed by atoms with Crippen molar-refractivity contribution in [3.63, 3.8) is 0 Å². The first kappa shape index (κ1) is 22.8. The van der Waals surface area contributed by atoms with Crippen molar-refractivity contribution in [2.24, 2.45) is 5.92 Å². The van der Waals surface area contributed by atoms with Gasteiger partial charge in [-0.05, 0) is 54.4 Å². The van der Waals surface area contributed by atoms with E-state index >= 15 is 0 Å². The quantitative estimate of drug-likeness (QED) is 0.709. The summed E-state index contributed by atoms with van der Waals surface area (Å²) in [6, 6.07) is 13.1. The van der Waals surface area contributed by atoms with E-state index in [1.807, 2.05) is 6.07 Å². The molecule has 0 saturated carbocycles. The zero-order valence-corrected chi connectivity index (χ0v) is 18.5. The first-order chi connectivity index (χ1) is 14.8. The van der Waals surface area contributed by atoms with Crippen molar-refractivity contribution in [3.8, 4) is 0 Å². The van der Waals surface area contributed by atoms with Crippen molar-refractivity contribution in [1.29, 1.82) is 0 Å². The van der Waals surface area contributed by atoms with Crippen LogP contribution in [0.4, 0.5) is 14.9 Å². The highest BCUT2D eigenvalue weighted by molar-refractivity contribution is 8.13. The molecule has 1 heterocycles. The molecule has 1 saturated heterocycles. The van der Waals surface area contributed by atoms with E-state index < -0.39 is 0 Å². The number of halogens is 1. The summed E-state index contributed by atoms with van der Waals surface area (Å²) in [5.74, 6) is -0.897. The molecule has 1 aliphatic heterocycles. The molecule has 164 valence electrons. The molecular formula is C23H26FN3O3S. The molecule has 0 radical (unpaired) electrons.